The largest absolute Gasteiger partial charge is 0.804 e. The van der Waals surface area contributed by atoms with Crippen molar-refractivity contribution in [3.63, 3.8) is 0 Å². The highest BCUT2D eigenvalue weighted by molar-refractivity contribution is 5.68. The first-order chi connectivity index (χ1) is 8.84. The van der Waals surface area contributed by atoms with E-state index in [2.05, 4.69) is 19.9 Å². The van der Waals surface area contributed by atoms with E-state index in [0.717, 1.165) is 5.56 Å². The third kappa shape index (κ3) is 1.84. The maximum Gasteiger partial charge on any atom is 0.177 e. The van der Waals surface area contributed by atoms with Crippen molar-refractivity contribution in [1.82, 2.24) is 19.7 Å². The summed E-state index contributed by atoms with van der Waals surface area (Å²) in [6, 6.07) is 9.85. The van der Waals surface area contributed by atoms with E-state index in [-0.39, 0.29) is 0 Å². The molecule has 0 aliphatic carbocycles. The molecule has 6 heteroatoms. The van der Waals surface area contributed by atoms with E-state index < -0.39 is 0 Å². The number of hydrogen-bond donors (Lipinski definition) is 1. The minimum Gasteiger partial charge on any atom is -0.804 e. The highest BCUT2D eigenvalue weighted by Gasteiger charge is 2.00. The lowest BCUT2D eigenvalue weighted by molar-refractivity contribution is 0.933. The molecule has 0 unspecified atom stereocenters. The molecule has 1 aromatic carbocycles. The van der Waals surface area contributed by atoms with Crippen molar-refractivity contribution in [3.8, 4) is 0 Å². The molecule has 0 amide bonds. The number of H-pyrrole nitrogens is 1. The minimum atomic E-state index is 0.303. The van der Waals surface area contributed by atoms with Crippen molar-refractivity contribution in [2.75, 3.05) is 0 Å². The lowest BCUT2D eigenvalue weighted by Gasteiger charge is -2.08. The Morgan fingerprint density at radius 1 is 1.22 bits per heavy atom. The normalized spacial score (nSPS) is 12.1. The molecule has 0 saturated carbocycles. The molecule has 18 heavy (non-hydrogen) atoms. The van der Waals surface area contributed by atoms with Gasteiger partial charge in [0.15, 0.2) is 11.1 Å². The molecule has 2 heterocycles. The highest BCUT2D eigenvalue weighted by atomic mass is 16.5. The second kappa shape index (κ2) is 4.33. The number of aromatic nitrogens is 4. The lowest BCUT2D eigenvalue weighted by Crippen LogP contribution is -2.12. The van der Waals surface area contributed by atoms with Crippen LogP contribution in [0.15, 0.2) is 48.0 Å². The molecule has 0 saturated heterocycles. The Balaban J connectivity index is 2.04. The number of rotatable bonds is 2. The molecule has 0 bridgehead atoms. The first kappa shape index (κ1) is 10.5. The van der Waals surface area contributed by atoms with Crippen molar-refractivity contribution in [1.29, 1.82) is 0 Å². The van der Waals surface area contributed by atoms with Gasteiger partial charge in [0.25, 0.3) is 0 Å². The Bertz CT molecular complexity index is 729. The average molecular weight is 240 g/mol. The summed E-state index contributed by atoms with van der Waals surface area (Å²) in [6.07, 6.45) is 2.63. The molecular weight excluding hydrogens is 230 g/mol. The third-order valence-electron chi connectivity index (χ3n) is 2.59. The van der Waals surface area contributed by atoms with Crippen molar-refractivity contribution in [2.24, 2.45) is 4.99 Å². The molecule has 3 rings (SSSR count). The van der Waals surface area contributed by atoms with Crippen LogP contribution < -0.4 is 5.49 Å². The van der Waals surface area contributed by atoms with Gasteiger partial charge in [0, 0.05) is 0 Å². The summed E-state index contributed by atoms with van der Waals surface area (Å²) in [4.78, 5) is 15.2. The SMILES string of the molecule is [O-]n1cnc(=NCc2ccccc2)c2[nH]cnc21. The van der Waals surface area contributed by atoms with E-state index in [1.165, 1.54) is 12.7 Å². The van der Waals surface area contributed by atoms with Crippen LogP contribution in [0.5, 0.6) is 0 Å². The molecule has 0 radical (unpaired) electrons. The zero-order valence-corrected chi connectivity index (χ0v) is 9.45. The molecule has 0 atom stereocenters. The summed E-state index contributed by atoms with van der Waals surface area (Å²) in [5.74, 6) is 0. The number of benzene rings is 1. The Morgan fingerprint density at radius 2 is 2.06 bits per heavy atom. The molecule has 2 aromatic heterocycles. The summed E-state index contributed by atoms with van der Waals surface area (Å²) in [7, 11) is 0. The van der Waals surface area contributed by atoms with Gasteiger partial charge in [0.05, 0.1) is 19.2 Å². The van der Waals surface area contributed by atoms with Crippen LogP contribution in [-0.4, -0.2) is 19.7 Å². The fourth-order valence-electron chi connectivity index (χ4n) is 1.71. The zero-order valence-electron chi connectivity index (χ0n) is 9.45. The Morgan fingerprint density at radius 3 is 2.89 bits per heavy atom. The van der Waals surface area contributed by atoms with E-state index in [1.54, 1.807) is 0 Å². The number of hydrogen-bond acceptors (Lipinski definition) is 4. The molecule has 0 aliphatic rings. The zero-order chi connectivity index (χ0) is 12.4. The van der Waals surface area contributed by atoms with E-state index in [9.17, 15) is 5.21 Å². The van der Waals surface area contributed by atoms with Crippen LogP contribution in [0.4, 0.5) is 0 Å². The molecular formula is C12H10N5O-. The fraction of sp³-hybridized carbons (Fsp3) is 0.0833. The lowest BCUT2D eigenvalue weighted by atomic mass is 10.2. The van der Waals surface area contributed by atoms with Gasteiger partial charge in [-0.1, -0.05) is 30.3 Å². The van der Waals surface area contributed by atoms with Crippen LogP contribution >= 0.6 is 0 Å². The minimum absolute atomic E-state index is 0.303. The summed E-state index contributed by atoms with van der Waals surface area (Å²) in [6.45, 7) is 0.519. The Hall–Kier alpha value is -2.63. The summed E-state index contributed by atoms with van der Waals surface area (Å²) < 4.78 is 0.618. The van der Waals surface area contributed by atoms with Crippen LogP contribution in [0.25, 0.3) is 11.2 Å². The number of imidazole rings is 1. The van der Waals surface area contributed by atoms with Gasteiger partial charge in [-0.2, -0.15) is 0 Å². The number of aromatic amines is 1. The maximum absolute atomic E-state index is 11.4. The molecule has 90 valence electrons. The van der Waals surface area contributed by atoms with Gasteiger partial charge in [-0.15, -0.1) is 0 Å². The first-order valence-corrected chi connectivity index (χ1v) is 5.47. The van der Waals surface area contributed by atoms with Gasteiger partial charge in [-0.25, -0.2) is 9.97 Å². The van der Waals surface area contributed by atoms with Crippen molar-refractivity contribution in [2.45, 2.75) is 6.54 Å². The number of nitrogens with zero attached hydrogens (tertiary/aromatic N) is 4. The molecule has 0 spiro atoms. The second-order valence-corrected chi connectivity index (χ2v) is 3.80. The van der Waals surface area contributed by atoms with Crippen LogP contribution in [0.3, 0.4) is 0 Å². The van der Waals surface area contributed by atoms with Crippen LogP contribution in [0.2, 0.25) is 0 Å². The van der Waals surface area contributed by atoms with Gasteiger partial charge in [-0.05, 0) is 5.56 Å². The first-order valence-electron chi connectivity index (χ1n) is 5.47. The average Bonchev–Trinajstić information content (AvgIpc) is 2.90. The molecule has 6 nitrogen and oxygen atoms in total. The smallest absolute Gasteiger partial charge is 0.177 e. The summed E-state index contributed by atoms with van der Waals surface area (Å²) in [5.41, 5.74) is 2.45. The third-order valence-corrected chi connectivity index (χ3v) is 2.59. The topological polar surface area (TPSA) is 81.9 Å². The van der Waals surface area contributed by atoms with Gasteiger partial charge in [0.2, 0.25) is 0 Å². The predicted molar refractivity (Wildman–Crippen MR) is 66.4 cm³/mol. The Labute approximate surface area is 102 Å². The maximum atomic E-state index is 11.4. The predicted octanol–water partition coefficient (Wildman–Crippen LogP) is 1.21. The van der Waals surface area contributed by atoms with Gasteiger partial charge in [0.1, 0.15) is 5.52 Å². The van der Waals surface area contributed by atoms with E-state index in [4.69, 9.17) is 0 Å². The van der Waals surface area contributed by atoms with Crippen molar-refractivity contribution < 1.29 is 0 Å². The molecule has 0 fully saturated rings. The standard InChI is InChI=1S/C12H10N5O/c18-17-8-16-11(10-12(17)15-7-14-10)13-6-9-4-2-1-3-5-9/h1-5,7-8H,6H2,(H,14,15)/q-1. The molecule has 1 N–H and O–H groups in total. The van der Waals surface area contributed by atoms with Crippen molar-refractivity contribution in [3.05, 3.63) is 59.2 Å². The summed E-state index contributed by atoms with van der Waals surface area (Å²) in [5, 5.41) is 11.4. The quantitative estimate of drug-likeness (QED) is 0.730. The van der Waals surface area contributed by atoms with Crippen LogP contribution in [-0.2, 0) is 6.54 Å². The Kier molecular flexibility index (Phi) is 2.53. The van der Waals surface area contributed by atoms with Crippen LogP contribution in [0.1, 0.15) is 5.56 Å². The van der Waals surface area contributed by atoms with Crippen molar-refractivity contribution >= 4 is 11.2 Å². The summed E-state index contributed by atoms with van der Waals surface area (Å²) >= 11 is 0. The molecule has 3 aromatic rings. The van der Waals surface area contributed by atoms with E-state index >= 15 is 0 Å². The number of fused-ring (bicyclic) bond motifs is 1. The van der Waals surface area contributed by atoms with Crippen LogP contribution in [0, 0.1) is 5.21 Å². The van der Waals surface area contributed by atoms with Gasteiger partial charge >= 0.3 is 0 Å². The molecule has 0 aliphatic heterocycles. The van der Waals surface area contributed by atoms with Gasteiger partial charge < -0.3 is 14.9 Å². The highest BCUT2D eigenvalue weighted by Crippen LogP contribution is 2.02. The van der Waals surface area contributed by atoms with E-state index in [0.29, 0.717) is 27.9 Å². The monoisotopic (exact) mass is 240 g/mol. The second-order valence-electron chi connectivity index (χ2n) is 3.80. The van der Waals surface area contributed by atoms with Gasteiger partial charge in [-0.3, -0.25) is 4.99 Å². The fourth-order valence-corrected chi connectivity index (χ4v) is 1.71. The van der Waals surface area contributed by atoms with E-state index in [1.807, 2.05) is 30.3 Å². The number of nitrogens with one attached hydrogen (secondary N) is 1.